The summed E-state index contributed by atoms with van der Waals surface area (Å²) >= 11 is 0. The van der Waals surface area contributed by atoms with E-state index in [-0.39, 0.29) is 0 Å². The highest BCUT2D eigenvalue weighted by atomic mass is 14.9. The standard InChI is InChI=1S/C14H19N/c1-2-4-13(5-3-1)15-14-10-11-6-8-12(14)9-7-11/h1-5,11-12,14-15H,6-10H2. The molecule has 0 aromatic heterocycles. The van der Waals surface area contributed by atoms with Crippen LogP contribution in [-0.2, 0) is 0 Å². The highest BCUT2D eigenvalue weighted by molar-refractivity contribution is 5.43. The van der Waals surface area contributed by atoms with E-state index < -0.39 is 0 Å². The summed E-state index contributed by atoms with van der Waals surface area (Å²) in [6, 6.07) is 11.4. The molecule has 1 aromatic carbocycles. The summed E-state index contributed by atoms with van der Waals surface area (Å²) in [6.07, 6.45) is 7.28. The van der Waals surface area contributed by atoms with Crippen molar-refractivity contribution in [1.29, 1.82) is 0 Å². The van der Waals surface area contributed by atoms with Gasteiger partial charge in [0.05, 0.1) is 0 Å². The molecule has 3 fully saturated rings. The van der Waals surface area contributed by atoms with Crippen molar-refractivity contribution in [2.24, 2.45) is 11.8 Å². The lowest BCUT2D eigenvalue weighted by molar-refractivity contribution is 0.157. The predicted octanol–water partition coefficient (Wildman–Crippen LogP) is 3.68. The quantitative estimate of drug-likeness (QED) is 0.769. The normalized spacial score (nSPS) is 34.0. The average Bonchev–Trinajstić information content (AvgIpc) is 2.32. The maximum Gasteiger partial charge on any atom is 0.0342 e. The van der Waals surface area contributed by atoms with Crippen LogP contribution in [0.4, 0.5) is 5.69 Å². The Morgan fingerprint density at radius 3 is 2.27 bits per heavy atom. The summed E-state index contributed by atoms with van der Waals surface area (Å²) in [6.45, 7) is 0. The number of rotatable bonds is 2. The van der Waals surface area contributed by atoms with E-state index in [1.165, 1.54) is 37.8 Å². The van der Waals surface area contributed by atoms with E-state index in [0.717, 1.165) is 17.9 Å². The fourth-order valence-corrected chi connectivity index (χ4v) is 3.30. The summed E-state index contributed by atoms with van der Waals surface area (Å²) in [7, 11) is 0. The van der Waals surface area contributed by atoms with Crippen LogP contribution in [0.5, 0.6) is 0 Å². The zero-order chi connectivity index (χ0) is 10.1. The van der Waals surface area contributed by atoms with Gasteiger partial charge < -0.3 is 5.32 Å². The van der Waals surface area contributed by atoms with Gasteiger partial charge in [0.15, 0.2) is 0 Å². The second kappa shape index (κ2) is 3.88. The Balaban J connectivity index is 1.69. The smallest absolute Gasteiger partial charge is 0.0342 e. The van der Waals surface area contributed by atoms with Gasteiger partial charge in [-0.05, 0) is 43.2 Å². The lowest BCUT2D eigenvalue weighted by Crippen LogP contribution is -2.40. The molecule has 15 heavy (non-hydrogen) atoms. The Hall–Kier alpha value is -0.980. The molecule has 1 atom stereocenters. The first-order chi connectivity index (χ1) is 7.42. The van der Waals surface area contributed by atoms with Crippen molar-refractivity contribution < 1.29 is 0 Å². The van der Waals surface area contributed by atoms with Crippen molar-refractivity contribution in [3.05, 3.63) is 30.3 Å². The van der Waals surface area contributed by atoms with E-state index in [0.29, 0.717) is 0 Å². The Morgan fingerprint density at radius 1 is 0.933 bits per heavy atom. The van der Waals surface area contributed by atoms with Crippen LogP contribution in [0, 0.1) is 11.8 Å². The van der Waals surface area contributed by atoms with Gasteiger partial charge in [0, 0.05) is 11.7 Å². The van der Waals surface area contributed by atoms with Crippen LogP contribution in [0.2, 0.25) is 0 Å². The molecule has 3 aliphatic carbocycles. The van der Waals surface area contributed by atoms with Crippen molar-refractivity contribution in [3.63, 3.8) is 0 Å². The van der Waals surface area contributed by atoms with E-state index in [4.69, 9.17) is 0 Å². The molecule has 0 radical (unpaired) electrons. The lowest BCUT2D eigenvalue weighted by Gasteiger charge is -2.43. The molecule has 1 aromatic rings. The number of fused-ring (bicyclic) bond motifs is 3. The zero-order valence-corrected chi connectivity index (χ0v) is 9.15. The van der Waals surface area contributed by atoms with Crippen LogP contribution in [0.1, 0.15) is 32.1 Å². The van der Waals surface area contributed by atoms with Gasteiger partial charge in [-0.15, -0.1) is 0 Å². The van der Waals surface area contributed by atoms with Crippen LogP contribution in [0.15, 0.2) is 30.3 Å². The van der Waals surface area contributed by atoms with Crippen molar-refractivity contribution in [2.45, 2.75) is 38.1 Å². The second-order valence-corrected chi connectivity index (χ2v) is 5.13. The molecule has 1 N–H and O–H groups in total. The minimum atomic E-state index is 0.750. The third-order valence-corrected chi connectivity index (χ3v) is 4.17. The maximum atomic E-state index is 3.71. The van der Waals surface area contributed by atoms with Gasteiger partial charge in [0.2, 0.25) is 0 Å². The third-order valence-electron chi connectivity index (χ3n) is 4.17. The van der Waals surface area contributed by atoms with Crippen molar-refractivity contribution in [1.82, 2.24) is 0 Å². The van der Waals surface area contributed by atoms with Crippen molar-refractivity contribution in [3.8, 4) is 0 Å². The fourth-order valence-electron chi connectivity index (χ4n) is 3.30. The molecular formula is C14H19N. The Morgan fingerprint density at radius 2 is 1.67 bits per heavy atom. The molecule has 3 aliphatic rings. The first-order valence-corrected chi connectivity index (χ1v) is 6.23. The maximum absolute atomic E-state index is 3.71. The van der Waals surface area contributed by atoms with Crippen LogP contribution in [0.3, 0.4) is 0 Å². The Kier molecular flexibility index (Phi) is 2.40. The summed E-state index contributed by atoms with van der Waals surface area (Å²) < 4.78 is 0. The molecule has 1 heteroatoms. The summed E-state index contributed by atoms with van der Waals surface area (Å²) in [4.78, 5) is 0. The molecule has 4 rings (SSSR count). The van der Waals surface area contributed by atoms with Gasteiger partial charge in [-0.1, -0.05) is 31.0 Å². The lowest BCUT2D eigenvalue weighted by atomic mass is 9.68. The second-order valence-electron chi connectivity index (χ2n) is 5.13. The first kappa shape index (κ1) is 9.26. The van der Waals surface area contributed by atoms with E-state index in [2.05, 4.69) is 35.6 Å². The number of nitrogens with one attached hydrogen (secondary N) is 1. The molecular weight excluding hydrogens is 182 g/mol. The highest BCUT2D eigenvalue weighted by Crippen LogP contribution is 2.42. The molecule has 80 valence electrons. The molecule has 0 spiro atoms. The summed E-state index contributed by atoms with van der Waals surface area (Å²) in [5.41, 5.74) is 1.30. The fraction of sp³-hybridized carbons (Fsp3) is 0.571. The van der Waals surface area contributed by atoms with E-state index in [1.807, 2.05) is 0 Å². The van der Waals surface area contributed by atoms with Gasteiger partial charge in [0.1, 0.15) is 0 Å². The van der Waals surface area contributed by atoms with Gasteiger partial charge in [-0.3, -0.25) is 0 Å². The first-order valence-electron chi connectivity index (χ1n) is 6.23. The molecule has 1 unspecified atom stereocenters. The predicted molar refractivity (Wildman–Crippen MR) is 63.9 cm³/mol. The summed E-state index contributed by atoms with van der Waals surface area (Å²) in [5.74, 6) is 1.95. The van der Waals surface area contributed by atoms with Crippen LogP contribution in [-0.4, -0.2) is 6.04 Å². The SMILES string of the molecule is c1ccc(NC2CC3CCC2CC3)cc1. The monoisotopic (exact) mass is 201 g/mol. The number of anilines is 1. The van der Waals surface area contributed by atoms with Crippen molar-refractivity contribution >= 4 is 5.69 Å². The topological polar surface area (TPSA) is 12.0 Å². The molecule has 2 bridgehead atoms. The minimum Gasteiger partial charge on any atom is -0.382 e. The minimum absolute atomic E-state index is 0.750. The van der Waals surface area contributed by atoms with Crippen LogP contribution >= 0.6 is 0 Å². The molecule has 1 nitrogen and oxygen atoms in total. The van der Waals surface area contributed by atoms with E-state index in [1.54, 1.807) is 0 Å². The molecule has 0 saturated heterocycles. The van der Waals surface area contributed by atoms with Gasteiger partial charge in [-0.25, -0.2) is 0 Å². The highest BCUT2D eigenvalue weighted by Gasteiger charge is 2.35. The molecule has 0 heterocycles. The summed E-state index contributed by atoms with van der Waals surface area (Å²) in [5, 5.41) is 3.71. The zero-order valence-electron chi connectivity index (χ0n) is 9.15. The molecule has 0 amide bonds. The molecule has 3 saturated carbocycles. The third kappa shape index (κ3) is 1.88. The Bertz CT molecular complexity index is 311. The van der Waals surface area contributed by atoms with E-state index >= 15 is 0 Å². The van der Waals surface area contributed by atoms with Gasteiger partial charge in [-0.2, -0.15) is 0 Å². The van der Waals surface area contributed by atoms with Crippen molar-refractivity contribution in [2.75, 3.05) is 5.32 Å². The van der Waals surface area contributed by atoms with Gasteiger partial charge in [0.25, 0.3) is 0 Å². The molecule has 0 aliphatic heterocycles. The Labute approximate surface area is 91.9 Å². The number of para-hydroxylation sites is 1. The average molecular weight is 201 g/mol. The van der Waals surface area contributed by atoms with Gasteiger partial charge >= 0.3 is 0 Å². The number of hydrogen-bond donors (Lipinski definition) is 1. The number of benzene rings is 1. The van der Waals surface area contributed by atoms with Crippen LogP contribution < -0.4 is 5.32 Å². The van der Waals surface area contributed by atoms with Crippen LogP contribution in [0.25, 0.3) is 0 Å². The largest absolute Gasteiger partial charge is 0.382 e. The number of hydrogen-bond acceptors (Lipinski definition) is 1. The van der Waals surface area contributed by atoms with E-state index in [9.17, 15) is 0 Å².